The lowest BCUT2D eigenvalue weighted by atomic mass is 9.59. The number of carbonyl (C=O) groups excluding carboxylic acids is 1. The summed E-state index contributed by atoms with van der Waals surface area (Å²) in [6, 6.07) is 14.2. The Labute approximate surface area is 267 Å². The number of benzene rings is 2. The predicted octanol–water partition coefficient (Wildman–Crippen LogP) is 7.56. The largest absolute Gasteiger partial charge is 0.490 e. The maximum absolute atomic E-state index is 15.6. The number of nitrogens with zero attached hydrogens (tertiary/aromatic N) is 1. The molecule has 2 aromatic carbocycles. The molecule has 3 aliphatic heterocycles. The minimum absolute atomic E-state index is 0.0607. The van der Waals surface area contributed by atoms with E-state index in [9.17, 15) is 4.79 Å². The molecule has 3 fully saturated rings. The molecule has 6 rings (SSSR count). The second-order valence-corrected chi connectivity index (χ2v) is 14.5. The Bertz CT molecular complexity index is 1430. The summed E-state index contributed by atoms with van der Waals surface area (Å²) in [7, 11) is -0.468. The van der Waals surface area contributed by atoms with E-state index < -0.39 is 19.0 Å². The Hall–Kier alpha value is -2.98. The van der Waals surface area contributed by atoms with Gasteiger partial charge in [-0.3, -0.25) is 5.01 Å². The summed E-state index contributed by atoms with van der Waals surface area (Å²) in [5, 5.41) is 1.86. The van der Waals surface area contributed by atoms with Gasteiger partial charge in [-0.05, 0) is 105 Å². The molecule has 0 aromatic heterocycles. The number of alkyl halides is 1. The van der Waals surface area contributed by atoms with Crippen LogP contribution in [0, 0.1) is 11.3 Å². The highest BCUT2D eigenvalue weighted by molar-refractivity contribution is 6.56. The van der Waals surface area contributed by atoms with Crippen molar-refractivity contribution >= 4 is 30.4 Å². The molecular weight excluding hydrogens is 570 g/mol. The standard InChI is InChI=1S/C36H46BFN2O5/c1-35(2,3)45-31(41)19-14-24-12-15-25(16-13-24)32(33(26-9-8-10-26)37-43-22-36(4,5)23-44-37)27-17-18-29-28(21-27)34(38)39-40(29)30-11-6-7-20-42-30/h12-19,21,26,30,34,39H,6-11,20,22-23H2,1-5H3/b19-14+,33-32+. The molecule has 3 heterocycles. The number of esters is 1. The van der Waals surface area contributed by atoms with E-state index in [1.807, 2.05) is 50.0 Å². The number of fused-ring (bicyclic) bond motifs is 1. The van der Waals surface area contributed by atoms with Crippen LogP contribution in [0.3, 0.4) is 0 Å². The lowest BCUT2D eigenvalue weighted by molar-refractivity contribution is -0.148. The number of rotatable bonds is 7. The van der Waals surface area contributed by atoms with E-state index in [1.54, 1.807) is 6.08 Å². The van der Waals surface area contributed by atoms with Crippen molar-refractivity contribution in [1.82, 2.24) is 5.43 Å². The number of halogens is 1. The first-order valence-corrected chi connectivity index (χ1v) is 16.4. The van der Waals surface area contributed by atoms with Crippen molar-refractivity contribution in [3.05, 3.63) is 76.3 Å². The fourth-order valence-electron chi connectivity index (χ4n) is 6.43. The fourth-order valence-corrected chi connectivity index (χ4v) is 6.43. The molecule has 9 heteroatoms. The quantitative estimate of drug-likeness (QED) is 0.149. The highest BCUT2D eigenvalue weighted by Gasteiger charge is 2.42. The monoisotopic (exact) mass is 616 g/mol. The molecular formula is C36H46BFN2O5. The molecule has 45 heavy (non-hydrogen) atoms. The minimum atomic E-state index is -1.33. The van der Waals surface area contributed by atoms with Gasteiger partial charge >= 0.3 is 13.1 Å². The average Bonchev–Trinajstić information content (AvgIpc) is 3.31. The van der Waals surface area contributed by atoms with E-state index in [0.29, 0.717) is 31.3 Å². The second kappa shape index (κ2) is 13.0. The van der Waals surface area contributed by atoms with Crippen LogP contribution >= 0.6 is 0 Å². The zero-order valence-electron chi connectivity index (χ0n) is 27.2. The average molecular weight is 617 g/mol. The lowest BCUT2D eigenvalue weighted by Gasteiger charge is -2.39. The van der Waals surface area contributed by atoms with Crippen LogP contribution in [0.4, 0.5) is 10.1 Å². The number of carbonyl (C=O) groups is 1. The van der Waals surface area contributed by atoms with Gasteiger partial charge in [0.2, 0.25) is 0 Å². The summed E-state index contributed by atoms with van der Waals surface area (Å²) in [5.74, 6) is -0.0632. The molecule has 1 saturated carbocycles. The van der Waals surface area contributed by atoms with E-state index in [-0.39, 0.29) is 17.6 Å². The van der Waals surface area contributed by atoms with Gasteiger partial charge in [-0.15, -0.1) is 0 Å². The maximum Gasteiger partial charge on any atom is 0.490 e. The molecule has 2 atom stereocenters. The molecule has 1 aliphatic carbocycles. The highest BCUT2D eigenvalue weighted by atomic mass is 19.1. The van der Waals surface area contributed by atoms with Crippen LogP contribution < -0.4 is 10.4 Å². The van der Waals surface area contributed by atoms with Crippen LogP contribution in [0.2, 0.25) is 0 Å². The van der Waals surface area contributed by atoms with Crippen LogP contribution in [0.15, 0.2) is 54.0 Å². The Kier molecular flexibility index (Phi) is 9.26. The Morgan fingerprint density at radius 2 is 1.73 bits per heavy atom. The third-order valence-electron chi connectivity index (χ3n) is 8.90. The van der Waals surface area contributed by atoms with E-state index in [4.69, 9.17) is 18.8 Å². The fraction of sp³-hybridized carbons (Fsp3) is 0.528. The van der Waals surface area contributed by atoms with Crippen molar-refractivity contribution in [2.45, 2.75) is 91.3 Å². The van der Waals surface area contributed by atoms with Crippen molar-refractivity contribution in [1.29, 1.82) is 0 Å². The molecule has 0 amide bonds. The molecule has 0 radical (unpaired) electrons. The number of anilines is 1. The van der Waals surface area contributed by atoms with Gasteiger partial charge in [0, 0.05) is 36.9 Å². The van der Waals surface area contributed by atoms with Crippen LogP contribution in [-0.4, -0.2) is 44.7 Å². The predicted molar refractivity (Wildman–Crippen MR) is 176 cm³/mol. The van der Waals surface area contributed by atoms with Crippen molar-refractivity contribution in [3.8, 4) is 0 Å². The zero-order chi connectivity index (χ0) is 31.8. The van der Waals surface area contributed by atoms with Crippen LogP contribution in [0.1, 0.15) is 102 Å². The summed E-state index contributed by atoms with van der Waals surface area (Å²) in [6.45, 7) is 11.7. The summed E-state index contributed by atoms with van der Waals surface area (Å²) in [5.41, 5.74) is 8.79. The van der Waals surface area contributed by atoms with E-state index >= 15 is 4.39 Å². The van der Waals surface area contributed by atoms with Crippen LogP contribution in [0.25, 0.3) is 11.6 Å². The number of ether oxygens (including phenoxy) is 2. The maximum atomic E-state index is 15.6. The van der Waals surface area contributed by atoms with Crippen molar-refractivity contribution in [2.75, 3.05) is 24.8 Å². The normalized spacial score (nSPS) is 24.3. The zero-order valence-corrected chi connectivity index (χ0v) is 27.2. The van der Waals surface area contributed by atoms with Gasteiger partial charge in [0.05, 0.1) is 5.69 Å². The first-order valence-electron chi connectivity index (χ1n) is 16.4. The summed E-state index contributed by atoms with van der Waals surface area (Å²) >= 11 is 0. The summed E-state index contributed by atoms with van der Waals surface area (Å²) < 4.78 is 39.9. The van der Waals surface area contributed by atoms with Gasteiger partial charge < -0.3 is 18.8 Å². The van der Waals surface area contributed by atoms with Gasteiger partial charge in [-0.1, -0.05) is 50.6 Å². The van der Waals surface area contributed by atoms with E-state index in [0.717, 1.165) is 71.9 Å². The Morgan fingerprint density at radius 3 is 2.36 bits per heavy atom. The minimum Gasteiger partial charge on any atom is -0.457 e. The number of hydrogen-bond donors (Lipinski definition) is 1. The van der Waals surface area contributed by atoms with E-state index in [2.05, 4.69) is 37.5 Å². The van der Waals surface area contributed by atoms with Crippen molar-refractivity contribution < 1.29 is 28.0 Å². The third-order valence-corrected chi connectivity index (χ3v) is 8.90. The summed E-state index contributed by atoms with van der Waals surface area (Å²) in [4.78, 5) is 12.3. The van der Waals surface area contributed by atoms with Crippen molar-refractivity contribution in [2.24, 2.45) is 11.3 Å². The molecule has 2 unspecified atom stereocenters. The lowest BCUT2D eigenvalue weighted by Crippen LogP contribution is -2.45. The van der Waals surface area contributed by atoms with Gasteiger partial charge in [0.25, 0.3) is 0 Å². The molecule has 0 bridgehead atoms. The highest BCUT2D eigenvalue weighted by Crippen LogP contribution is 2.45. The smallest absolute Gasteiger partial charge is 0.457 e. The number of nitrogens with one attached hydrogen (secondary N) is 1. The molecule has 2 aromatic rings. The van der Waals surface area contributed by atoms with Gasteiger partial charge in [-0.25, -0.2) is 9.18 Å². The number of hydrazine groups is 1. The molecule has 7 nitrogen and oxygen atoms in total. The summed E-state index contributed by atoms with van der Waals surface area (Å²) in [6.07, 6.45) is 7.95. The number of allylic oxidation sites excluding steroid dienone is 1. The third kappa shape index (κ3) is 7.38. The molecule has 0 spiro atoms. The molecule has 4 aliphatic rings. The van der Waals surface area contributed by atoms with Crippen LogP contribution in [0.5, 0.6) is 0 Å². The Balaban J connectivity index is 1.39. The Morgan fingerprint density at radius 1 is 1.02 bits per heavy atom. The first-order chi connectivity index (χ1) is 21.5. The van der Waals surface area contributed by atoms with Gasteiger partial charge in [0.15, 0.2) is 6.30 Å². The SMILES string of the molecule is CC1(C)COB(/C(=C(\c2ccc(/C=C/C(=O)OC(C)(C)C)cc2)c2ccc3c(c2)C(F)NN3C2CCCCO2)C2CCC2)OC1. The van der Waals surface area contributed by atoms with Crippen LogP contribution in [-0.2, 0) is 23.6 Å². The number of hydrogen-bond acceptors (Lipinski definition) is 7. The van der Waals surface area contributed by atoms with E-state index in [1.165, 1.54) is 6.08 Å². The van der Waals surface area contributed by atoms with Gasteiger partial charge in [-0.2, -0.15) is 5.43 Å². The molecule has 2 saturated heterocycles. The van der Waals surface area contributed by atoms with Gasteiger partial charge in [0.1, 0.15) is 11.8 Å². The first kappa shape index (κ1) is 32.0. The van der Waals surface area contributed by atoms with Crippen molar-refractivity contribution in [3.63, 3.8) is 0 Å². The second-order valence-electron chi connectivity index (χ2n) is 14.5. The molecule has 1 N–H and O–H groups in total. The topological polar surface area (TPSA) is 69.3 Å². The molecule has 240 valence electrons.